The number of hydrogen-bond donors (Lipinski definition) is 4. The Morgan fingerprint density at radius 1 is 1.06 bits per heavy atom. The highest BCUT2D eigenvalue weighted by Crippen LogP contribution is 2.37. The zero-order valence-corrected chi connectivity index (χ0v) is 8.34. The molecule has 90 valence electrons. The highest BCUT2D eigenvalue weighted by Gasteiger charge is 2.48. The minimum atomic E-state index is -1.82. The van der Waals surface area contributed by atoms with E-state index in [2.05, 4.69) is 5.43 Å². The van der Waals surface area contributed by atoms with E-state index in [0.717, 1.165) is 12.8 Å². The number of rotatable bonds is 0. The van der Waals surface area contributed by atoms with Crippen LogP contribution in [0.25, 0.3) is 0 Å². The van der Waals surface area contributed by atoms with Gasteiger partial charge in [0.15, 0.2) is 0 Å². The molecule has 2 rings (SSSR count). The smallest absolute Gasteiger partial charge is 0.421 e. The molecule has 0 aromatic carbocycles. The van der Waals surface area contributed by atoms with Gasteiger partial charge in [-0.25, -0.2) is 24.8 Å². The first kappa shape index (κ1) is 12.2. The summed E-state index contributed by atoms with van der Waals surface area (Å²) in [7, 11) is 0. The third-order valence-corrected chi connectivity index (χ3v) is 2.56. The topological polar surface area (TPSA) is 127 Å². The second-order valence-corrected chi connectivity index (χ2v) is 3.72. The molecule has 8 nitrogen and oxygen atoms in total. The van der Waals surface area contributed by atoms with E-state index in [1.165, 1.54) is 11.4 Å². The van der Waals surface area contributed by atoms with Crippen LogP contribution in [0.2, 0.25) is 0 Å². The summed E-state index contributed by atoms with van der Waals surface area (Å²) in [4.78, 5) is 28.5. The highest BCUT2D eigenvalue weighted by atomic mass is 16.4. The molecular weight excluding hydrogens is 220 g/mol. The van der Waals surface area contributed by atoms with Crippen LogP contribution in [0.5, 0.6) is 0 Å². The summed E-state index contributed by atoms with van der Waals surface area (Å²) >= 11 is 0. The van der Waals surface area contributed by atoms with Gasteiger partial charge in [-0.3, -0.25) is 0 Å². The summed E-state index contributed by atoms with van der Waals surface area (Å²) in [6.07, 6.45) is 2.64. The van der Waals surface area contributed by atoms with E-state index in [9.17, 15) is 4.79 Å². The maximum atomic E-state index is 10.3. The van der Waals surface area contributed by atoms with Crippen molar-refractivity contribution in [1.29, 1.82) is 0 Å². The fourth-order valence-corrected chi connectivity index (χ4v) is 1.56. The summed E-state index contributed by atoms with van der Waals surface area (Å²) in [6.45, 7) is 0.683. The molecular formula is C8H12N2O6. The van der Waals surface area contributed by atoms with Crippen LogP contribution in [0.4, 0.5) is 4.79 Å². The van der Waals surface area contributed by atoms with Crippen LogP contribution in [0.3, 0.4) is 0 Å². The molecule has 1 aliphatic heterocycles. The minimum absolute atomic E-state index is 0.193. The number of aliphatic carboxylic acids is 2. The Hall–Kier alpha value is -1.83. The average molecular weight is 232 g/mol. The maximum Gasteiger partial charge on any atom is 0.421 e. The van der Waals surface area contributed by atoms with Crippen LogP contribution in [0.15, 0.2) is 0 Å². The van der Waals surface area contributed by atoms with Crippen molar-refractivity contribution in [3.63, 3.8) is 0 Å². The van der Waals surface area contributed by atoms with Gasteiger partial charge >= 0.3 is 18.0 Å². The van der Waals surface area contributed by atoms with Gasteiger partial charge in [0.1, 0.15) is 0 Å². The maximum absolute atomic E-state index is 10.3. The molecule has 1 amide bonds. The molecule has 2 aliphatic rings. The van der Waals surface area contributed by atoms with Crippen molar-refractivity contribution in [2.24, 2.45) is 0 Å². The number of carbonyl (C=O) groups is 3. The number of hydrazine groups is 1. The van der Waals surface area contributed by atoms with E-state index in [1.54, 1.807) is 0 Å². The monoisotopic (exact) mass is 232 g/mol. The van der Waals surface area contributed by atoms with Crippen LogP contribution in [0.1, 0.15) is 19.3 Å². The van der Waals surface area contributed by atoms with E-state index in [1.807, 2.05) is 0 Å². The Morgan fingerprint density at radius 2 is 1.50 bits per heavy atom. The van der Waals surface area contributed by atoms with E-state index >= 15 is 0 Å². The predicted molar refractivity (Wildman–Crippen MR) is 49.7 cm³/mol. The van der Waals surface area contributed by atoms with Gasteiger partial charge in [0.05, 0.1) is 12.1 Å². The third-order valence-electron chi connectivity index (χ3n) is 2.56. The van der Waals surface area contributed by atoms with Gasteiger partial charge in [0, 0.05) is 0 Å². The van der Waals surface area contributed by atoms with Gasteiger partial charge in [-0.15, -0.1) is 0 Å². The summed E-state index contributed by atoms with van der Waals surface area (Å²) in [5, 5.41) is 24.5. The molecule has 0 aromatic heterocycles. The lowest BCUT2D eigenvalue weighted by atomic mass is 9.75. The minimum Gasteiger partial charge on any atom is -0.473 e. The molecule has 1 saturated heterocycles. The first-order chi connectivity index (χ1) is 7.36. The summed E-state index contributed by atoms with van der Waals surface area (Å²) in [6, 6.07) is 0. The van der Waals surface area contributed by atoms with Crippen molar-refractivity contribution < 1.29 is 29.7 Å². The molecule has 4 N–H and O–H groups in total. The lowest BCUT2D eigenvalue weighted by Gasteiger charge is -2.55. The molecule has 1 heterocycles. The molecule has 0 unspecified atom stereocenters. The molecule has 1 spiro atoms. The Kier molecular flexibility index (Phi) is 3.33. The van der Waals surface area contributed by atoms with Crippen molar-refractivity contribution in [1.82, 2.24) is 10.4 Å². The van der Waals surface area contributed by atoms with Crippen LogP contribution in [-0.4, -0.2) is 50.4 Å². The number of carboxylic acids is 2. The van der Waals surface area contributed by atoms with Gasteiger partial charge in [-0.05, 0) is 19.3 Å². The molecule has 2 fully saturated rings. The van der Waals surface area contributed by atoms with Gasteiger partial charge in [0.2, 0.25) is 0 Å². The lowest BCUT2D eigenvalue weighted by molar-refractivity contribution is -0.159. The average Bonchev–Trinajstić information content (AvgIpc) is 1.98. The summed E-state index contributed by atoms with van der Waals surface area (Å²) in [5.41, 5.74) is 3.12. The summed E-state index contributed by atoms with van der Waals surface area (Å²) < 4.78 is 0. The van der Waals surface area contributed by atoms with Crippen LogP contribution >= 0.6 is 0 Å². The van der Waals surface area contributed by atoms with Crippen LogP contribution < -0.4 is 5.43 Å². The number of nitrogens with one attached hydrogen (secondary N) is 1. The molecule has 0 atom stereocenters. The normalized spacial score (nSPS) is 19.9. The first-order valence-electron chi connectivity index (χ1n) is 4.61. The zero-order chi connectivity index (χ0) is 12.3. The summed E-state index contributed by atoms with van der Waals surface area (Å²) in [5.74, 6) is -3.65. The Bertz CT molecular complexity index is 304. The molecule has 1 aliphatic carbocycles. The van der Waals surface area contributed by atoms with Crippen LogP contribution in [0, 0.1) is 0 Å². The lowest BCUT2D eigenvalue weighted by Crippen LogP contribution is -2.75. The van der Waals surface area contributed by atoms with E-state index in [0.29, 0.717) is 6.54 Å². The standard InChI is InChI=1S/C6H10N2O2.C2H2O4/c9-5(10)8-4-6(7-8)2-1-3-6;3-1(4)2(5)6/h7H,1-4H2,(H,9,10);(H,3,4)(H,5,6). The zero-order valence-electron chi connectivity index (χ0n) is 8.34. The molecule has 1 saturated carbocycles. The van der Waals surface area contributed by atoms with E-state index in [-0.39, 0.29) is 5.54 Å². The second-order valence-electron chi connectivity index (χ2n) is 3.72. The van der Waals surface area contributed by atoms with Gasteiger partial charge < -0.3 is 15.3 Å². The Balaban J connectivity index is 0.000000187. The first-order valence-corrected chi connectivity index (χ1v) is 4.61. The van der Waals surface area contributed by atoms with Crippen molar-refractivity contribution in [2.45, 2.75) is 24.8 Å². The van der Waals surface area contributed by atoms with E-state index < -0.39 is 18.0 Å². The van der Waals surface area contributed by atoms with Crippen molar-refractivity contribution >= 4 is 18.0 Å². The Labute approximate surface area is 90.4 Å². The Morgan fingerprint density at radius 3 is 1.69 bits per heavy atom. The van der Waals surface area contributed by atoms with Gasteiger partial charge in [-0.1, -0.05) is 0 Å². The van der Waals surface area contributed by atoms with Crippen molar-refractivity contribution in [3.05, 3.63) is 0 Å². The second kappa shape index (κ2) is 4.35. The predicted octanol–water partition coefficient (Wildman–Crippen LogP) is -0.437. The molecule has 8 heteroatoms. The van der Waals surface area contributed by atoms with Crippen molar-refractivity contribution in [2.75, 3.05) is 6.54 Å². The molecule has 0 radical (unpaired) electrons. The number of carboxylic acid groups (broad SMARTS) is 3. The molecule has 0 bridgehead atoms. The van der Waals surface area contributed by atoms with Crippen molar-refractivity contribution in [3.8, 4) is 0 Å². The fraction of sp³-hybridized carbons (Fsp3) is 0.625. The van der Waals surface area contributed by atoms with E-state index in [4.69, 9.17) is 24.9 Å². The quantitative estimate of drug-likeness (QED) is 0.417. The van der Waals surface area contributed by atoms with Gasteiger partial charge in [-0.2, -0.15) is 0 Å². The van der Waals surface area contributed by atoms with Crippen LogP contribution in [-0.2, 0) is 9.59 Å². The SMILES string of the molecule is O=C(O)C(=O)O.O=C(O)N1CC2(CCC2)N1. The van der Waals surface area contributed by atoms with Gasteiger partial charge in [0.25, 0.3) is 0 Å². The third kappa shape index (κ3) is 2.60. The highest BCUT2D eigenvalue weighted by molar-refractivity contribution is 6.27. The number of nitrogens with zero attached hydrogens (tertiary/aromatic N) is 1. The number of amides is 1. The largest absolute Gasteiger partial charge is 0.473 e. The molecule has 16 heavy (non-hydrogen) atoms. The number of hydrogen-bond acceptors (Lipinski definition) is 4. The molecule has 0 aromatic rings. The fourth-order valence-electron chi connectivity index (χ4n) is 1.56.